The number of carbonyl (C=O) groups is 1. The fourth-order valence-electron chi connectivity index (χ4n) is 2.97. The molecule has 0 saturated heterocycles. The minimum absolute atomic E-state index is 0.292. The average Bonchev–Trinajstić information content (AvgIpc) is 2.45. The highest BCUT2D eigenvalue weighted by Crippen LogP contribution is 2.39. The largest absolute Gasteiger partial charge is 0.426 e. The van der Waals surface area contributed by atoms with E-state index in [-0.39, 0.29) is 5.97 Å². The highest BCUT2D eigenvalue weighted by atomic mass is 16.5. The molecule has 0 heterocycles. The first-order valence-electron chi connectivity index (χ1n) is 6.59. The number of rotatable bonds is 1. The van der Waals surface area contributed by atoms with Crippen LogP contribution in [0.2, 0.25) is 0 Å². The van der Waals surface area contributed by atoms with Crippen LogP contribution in [0, 0.1) is 0 Å². The first-order chi connectivity index (χ1) is 9.74. The van der Waals surface area contributed by atoms with Gasteiger partial charge in [0, 0.05) is 17.7 Å². The summed E-state index contributed by atoms with van der Waals surface area (Å²) in [5.41, 5.74) is 0. The molecule has 0 aliphatic carbocycles. The number of ether oxygens (including phenoxy) is 1. The van der Waals surface area contributed by atoms with E-state index in [0.29, 0.717) is 5.75 Å². The van der Waals surface area contributed by atoms with Crippen LogP contribution in [0.15, 0.2) is 54.6 Å². The molecule has 2 nitrogen and oxygen atoms in total. The predicted octanol–water partition coefficient (Wildman–Crippen LogP) is 4.51. The van der Waals surface area contributed by atoms with E-state index >= 15 is 0 Å². The quantitative estimate of drug-likeness (QED) is 0.286. The zero-order valence-corrected chi connectivity index (χ0v) is 11.0. The minimum Gasteiger partial charge on any atom is -0.426 e. The van der Waals surface area contributed by atoms with Crippen molar-refractivity contribution in [2.75, 3.05) is 0 Å². The second-order valence-corrected chi connectivity index (χ2v) is 5.02. The Kier molecular flexibility index (Phi) is 2.21. The van der Waals surface area contributed by atoms with Gasteiger partial charge in [-0.1, -0.05) is 48.5 Å². The van der Waals surface area contributed by atoms with E-state index in [1.54, 1.807) is 0 Å². The normalized spacial score (nSPS) is 11.4. The lowest BCUT2D eigenvalue weighted by molar-refractivity contribution is -0.131. The summed E-state index contributed by atoms with van der Waals surface area (Å²) in [7, 11) is 0. The zero-order valence-electron chi connectivity index (χ0n) is 11.0. The fraction of sp³-hybridized carbons (Fsp3) is 0.0556. The predicted molar refractivity (Wildman–Crippen MR) is 81.5 cm³/mol. The van der Waals surface area contributed by atoms with Crippen LogP contribution in [-0.2, 0) is 4.79 Å². The molecular formula is C18H12O2. The van der Waals surface area contributed by atoms with E-state index in [0.717, 1.165) is 10.8 Å². The molecule has 0 aliphatic heterocycles. The topological polar surface area (TPSA) is 26.3 Å². The molecule has 20 heavy (non-hydrogen) atoms. The molecule has 0 unspecified atom stereocenters. The molecule has 96 valence electrons. The van der Waals surface area contributed by atoms with E-state index in [1.165, 1.54) is 28.5 Å². The third kappa shape index (κ3) is 1.48. The van der Waals surface area contributed by atoms with Gasteiger partial charge in [0.2, 0.25) is 0 Å². The van der Waals surface area contributed by atoms with Crippen molar-refractivity contribution in [3.8, 4) is 5.75 Å². The number of hydrogen-bond acceptors (Lipinski definition) is 2. The van der Waals surface area contributed by atoms with E-state index in [1.807, 2.05) is 24.3 Å². The SMILES string of the molecule is CC(=O)Oc1cc2cccc3ccc4cccc1c4c32. The molecule has 0 aromatic heterocycles. The third-order valence-corrected chi connectivity index (χ3v) is 3.72. The molecule has 4 aromatic carbocycles. The summed E-state index contributed by atoms with van der Waals surface area (Å²) in [6.45, 7) is 1.43. The number of esters is 1. The Hall–Kier alpha value is -2.61. The minimum atomic E-state index is -0.292. The van der Waals surface area contributed by atoms with E-state index in [9.17, 15) is 4.79 Å². The molecule has 0 N–H and O–H groups in total. The summed E-state index contributed by atoms with van der Waals surface area (Å²) in [5, 5.41) is 6.86. The van der Waals surface area contributed by atoms with Gasteiger partial charge in [-0.2, -0.15) is 0 Å². The van der Waals surface area contributed by atoms with Crippen LogP contribution in [0.5, 0.6) is 5.75 Å². The van der Waals surface area contributed by atoms with Gasteiger partial charge < -0.3 is 4.74 Å². The Bertz CT molecular complexity index is 953. The van der Waals surface area contributed by atoms with E-state index < -0.39 is 0 Å². The molecule has 2 heteroatoms. The van der Waals surface area contributed by atoms with Crippen molar-refractivity contribution in [3.63, 3.8) is 0 Å². The van der Waals surface area contributed by atoms with Crippen molar-refractivity contribution >= 4 is 38.3 Å². The van der Waals surface area contributed by atoms with Gasteiger partial charge >= 0.3 is 5.97 Å². The Morgan fingerprint density at radius 1 is 0.850 bits per heavy atom. The summed E-state index contributed by atoms with van der Waals surface area (Å²) < 4.78 is 5.39. The van der Waals surface area contributed by atoms with Gasteiger partial charge in [0.25, 0.3) is 0 Å². The smallest absolute Gasteiger partial charge is 0.308 e. The van der Waals surface area contributed by atoms with Gasteiger partial charge in [-0.25, -0.2) is 0 Å². The molecule has 0 aliphatic rings. The van der Waals surface area contributed by atoms with Gasteiger partial charge in [0.1, 0.15) is 5.75 Å². The van der Waals surface area contributed by atoms with E-state index in [4.69, 9.17) is 4.74 Å². The van der Waals surface area contributed by atoms with Crippen molar-refractivity contribution in [2.45, 2.75) is 6.92 Å². The maximum Gasteiger partial charge on any atom is 0.308 e. The summed E-state index contributed by atoms with van der Waals surface area (Å²) in [6, 6.07) is 18.5. The van der Waals surface area contributed by atoms with Gasteiger partial charge in [0.15, 0.2) is 0 Å². The van der Waals surface area contributed by atoms with Gasteiger partial charge in [-0.15, -0.1) is 0 Å². The zero-order chi connectivity index (χ0) is 13.7. The van der Waals surface area contributed by atoms with Crippen molar-refractivity contribution in [2.24, 2.45) is 0 Å². The van der Waals surface area contributed by atoms with Crippen LogP contribution in [0.3, 0.4) is 0 Å². The number of benzene rings is 4. The highest BCUT2D eigenvalue weighted by molar-refractivity contribution is 6.24. The fourth-order valence-corrected chi connectivity index (χ4v) is 2.97. The average molecular weight is 260 g/mol. The standard InChI is InChI=1S/C18H12O2/c1-11(19)20-16-10-14-6-2-4-12-8-9-13-5-3-7-15(16)18(13)17(12)14/h2-10H,1H3. The summed E-state index contributed by atoms with van der Waals surface area (Å²) in [6.07, 6.45) is 0. The summed E-state index contributed by atoms with van der Waals surface area (Å²) >= 11 is 0. The van der Waals surface area contributed by atoms with Crippen molar-refractivity contribution in [3.05, 3.63) is 54.6 Å². The molecule has 0 amide bonds. The molecule has 0 fully saturated rings. The molecular weight excluding hydrogens is 248 g/mol. The molecule has 0 bridgehead atoms. The number of hydrogen-bond donors (Lipinski definition) is 0. The maximum absolute atomic E-state index is 11.3. The third-order valence-electron chi connectivity index (χ3n) is 3.72. The Morgan fingerprint density at radius 2 is 1.50 bits per heavy atom. The van der Waals surface area contributed by atoms with Gasteiger partial charge in [0.05, 0.1) is 0 Å². The van der Waals surface area contributed by atoms with Crippen molar-refractivity contribution < 1.29 is 9.53 Å². The Morgan fingerprint density at radius 3 is 2.25 bits per heavy atom. The summed E-state index contributed by atoms with van der Waals surface area (Å²) in [5.74, 6) is 0.342. The van der Waals surface area contributed by atoms with Crippen LogP contribution in [-0.4, -0.2) is 5.97 Å². The molecule has 0 saturated carbocycles. The van der Waals surface area contributed by atoms with Gasteiger partial charge in [-0.3, -0.25) is 4.79 Å². The van der Waals surface area contributed by atoms with Crippen LogP contribution >= 0.6 is 0 Å². The van der Waals surface area contributed by atoms with Crippen LogP contribution in [0.25, 0.3) is 32.3 Å². The lowest BCUT2D eigenvalue weighted by Crippen LogP contribution is -2.02. The molecule has 4 aromatic rings. The van der Waals surface area contributed by atoms with Crippen LogP contribution in [0.1, 0.15) is 6.92 Å². The Balaban J connectivity index is 2.27. The highest BCUT2D eigenvalue weighted by Gasteiger charge is 2.12. The number of carbonyl (C=O) groups excluding carboxylic acids is 1. The molecule has 0 spiro atoms. The Labute approximate surface area is 115 Å². The molecule has 0 radical (unpaired) electrons. The van der Waals surface area contributed by atoms with Crippen molar-refractivity contribution in [1.29, 1.82) is 0 Å². The lowest BCUT2D eigenvalue weighted by Gasteiger charge is -2.13. The second-order valence-electron chi connectivity index (χ2n) is 5.02. The van der Waals surface area contributed by atoms with Crippen LogP contribution in [0.4, 0.5) is 0 Å². The summed E-state index contributed by atoms with van der Waals surface area (Å²) in [4.78, 5) is 11.3. The maximum atomic E-state index is 11.3. The monoisotopic (exact) mass is 260 g/mol. The van der Waals surface area contributed by atoms with Crippen LogP contribution < -0.4 is 4.74 Å². The molecule has 4 rings (SSSR count). The molecule has 0 atom stereocenters. The second kappa shape index (κ2) is 3.94. The van der Waals surface area contributed by atoms with E-state index in [2.05, 4.69) is 30.3 Å². The first-order valence-corrected chi connectivity index (χ1v) is 6.59. The lowest BCUT2D eigenvalue weighted by atomic mass is 9.94. The van der Waals surface area contributed by atoms with Crippen molar-refractivity contribution in [1.82, 2.24) is 0 Å². The van der Waals surface area contributed by atoms with Gasteiger partial charge in [-0.05, 0) is 27.6 Å². The first kappa shape index (κ1) is 11.2.